The van der Waals surface area contributed by atoms with Gasteiger partial charge in [0.15, 0.2) is 5.78 Å². The third kappa shape index (κ3) is 8.33. The van der Waals surface area contributed by atoms with Crippen LogP contribution in [0.2, 0.25) is 19.6 Å². The van der Waals surface area contributed by atoms with Crippen LogP contribution < -0.4 is 5.19 Å². The fraction of sp³-hybridized carbons (Fsp3) is 0.314. The summed E-state index contributed by atoms with van der Waals surface area (Å²) in [5, 5.41) is 11.8. The molecule has 1 radical (unpaired) electrons. The summed E-state index contributed by atoms with van der Waals surface area (Å²) in [6.07, 6.45) is 1.31. The second-order valence-electron chi connectivity index (χ2n) is 11.9. The number of aliphatic hydroxyl groups excluding tert-OH is 1. The Labute approximate surface area is 255 Å². The minimum atomic E-state index is -1.72. The van der Waals surface area contributed by atoms with Crippen LogP contribution in [0.1, 0.15) is 38.8 Å². The van der Waals surface area contributed by atoms with Gasteiger partial charge in [0.05, 0.1) is 19.3 Å². The van der Waals surface area contributed by atoms with Gasteiger partial charge in [0.2, 0.25) is 0 Å². The number of carbonyl (C=O) groups is 1. The van der Waals surface area contributed by atoms with Gasteiger partial charge in [0.25, 0.3) is 0 Å². The summed E-state index contributed by atoms with van der Waals surface area (Å²) in [6.45, 7) is 18.8. The number of ketones is 1. The molecule has 0 unspecified atom stereocenters. The van der Waals surface area contributed by atoms with Gasteiger partial charge in [-0.3, -0.25) is 9.78 Å². The third-order valence-corrected chi connectivity index (χ3v) is 8.55. The number of hydrogen-bond donors (Lipinski definition) is 1. The van der Waals surface area contributed by atoms with Gasteiger partial charge in [-0.1, -0.05) is 115 Å². The molecule has 0 saturated heterocycles. The smallest absolute Gasteiger partial charge is 0.161 e. The van der Waals surface area contributed by atoms with E-state index >= 15 is 0 Å². The zero-order valence-corrected chi connectivity index (χ0v) is 28.6. The van der Waals surface area contributed by atoms with Crippen molar-refractivity contribution in [3.63, 3.8) is 0 Å². The Kier molecular flexibility index (Phi) is 11.8. The number of para-hydroxylation sites is 1. The van der Waals surface area contributed by atoms with Crippen molar-refractivity contribution >= 4 is 29.9 Å². The molecule has 0 fully saturated rings. The molecule has 4 rings (SSSR count). The summed E-state index contributed by atoms with van der Waals surface area (Å²) in [5.74, 6) is 0.161. The Morgan fingerprint density at radius 3 is 2.05 bits per heavy atom. The van der Waals surface area contributed by atoms with Gasteiger partial charge in [0, 0.05) is 43.4 Å². The Bertz CT molecular complexity index is 1460. The normalized spacial score (nSPS) is 11.7. The summed E-state index contributed by atoms with van der Waals surface area (Å²) in [7, 11) is -1.72. The molecule has 0 atom stereocenters. The van der Waals surface area contributed by atoms with Crippen LogP contribution in [-0.2, 0) is 24.9 Å². The molecule has 0 aliphatic rings. The standard InChI is InChI=1S/C26H26NSi.C9H16O2.Ir/c1-18-15-19(2)17-21(16-18)25-26(28(3,4)5)24(20-11-7-6-8-12-20)22-13-9-10-14-23(22)27-25;1-6(2)8(10)5-9(11)7(3)4;/h6-16H,1-5H3;5-7,10H,1-4H3;/q-1;;/b;8-5-;. The molecule has 0 bridgehead atoms. The monoisotopic (exact) mass is 729 g/mol. The van der Waals surface area contributed by atoms with Gasteiger partial charge >= 0.3 is 0 Å². The molecule has 0 aliphatic heterocycles. The number of aryl methyl sites for hydroxylation is 2. The largest absolute Gasteiger partial charge is 0.512 e. The third-order valence-electron chi connectivity index (χ3n) is 6.56. The number of carbonyl (C=O) groups excluding carboxylic acids is 1. The van der Waals surface area contributed by atoms with E-state index in [-0.39, 0.29) is 43.5 Å². The molecule has 1 aromatic heterocycles. The van der Waals surface area contributed by atoms with Gasteiger partial charge in [-0.2, -0.15) is 0 Å². The number of aliphatic hydroxyl groups is 1. The van der Waals surface area contributed by atoms with Crippen LogP contribution in [0.5, 0.6) is 0 Å². The summed E-state index contributed by atoms with van der Waals surface area (Å²) in [6, 6.07) is 27.3. The molecule has 3 aromatic carbocycles. The minimum absolute atomic E-state index is 0. The number of allylic oxidation sites excluding steroid dienone is 2. The van der Waals surface area contributed by atoms with Crippen molar-refractivity contribution in [1.29, 1.82) is 0 Å². The SMILES string of the molecule is CC(C)C(=O)/C=C(\O)C(C)C.Cc1[c-]c(-c2nc3ccccc3c(-c3ccccc3)c2[Si](C)(C)C)cc(C)c1.[Ir]. The fourth-order valence-electron chi connectivity index (χ4n) is 4.54. The van der Waals surface area contributed by atoms with Crippen LogP contribution >= 0.6 is 0 Å². The minimum Gasteiger partial charge on any atom is -0.512 e. The topological polar surface area (TPSA) is 50.2 Å². The molecule has 4 aromatic rings. The van der Waals surface area contributed by atoms with Crippen molar-refractivity contribution in [3.8, 4) is 22.4 Å². The predicted molar refractivity (Wildman–Crippen MR) is 169 cm³/mol. The number of fused-ring (bicyclic) bond motifs is 1. The molecule has 1 heterocycles. The maximum atomic E-state index is 11.0. The van der Waals surface area contributed by atoms with Crippen LogP contribution in [0.4, 0.5) is 0 Å². The molecular formula is C35H42IrNO2Si-. The van der Waals surface area contributed by atoms with E-state index in [0.717, 1.165) is 22.3 Å². The van der Waals surface area contributed by atoms with E-state index in [1.807, 2.05) is 27.7 Å². The number of benzene rings is 3. The first-order chi connectivity index (χ1) is 18.3. The number of pyridine rings is 1. The van der Waals surface area contributed by atoms with Gasteiger partial charge in [-0.25, -0.2) is 0 Å². The summed E-state index contributed by atoms with van der Waals surface area (Å²) >= 11 is 0. The molecule has 3 nitrogen and oxygen atoms in total. The van der Waals surface area contributed by atoms with E-state index in [0.29, 0.717) is 0 Å². The van der Waals surface area contributed by atoms with Gasteiger partial charge < -0.3 is 5.11 Å². The Morgan fingerprint density at radius 2 is 1.50 bits per heavy atom. The van der Waals surface area contributed by atoms with Crippen LogP contribution in [-0.4, -0.2) is 23.9 Å². The van der Waals surface area contributed by atoms with E-state index in [9.17, 15) is 9.90 Å². The molecule has 40 heavy (non-hydrogen) atoms. The predicted octanol–water partition coefficient (Wildman–Crippen LogP) is 8.84. The van der Waals surface area contributed by atoms with Crippen molar-refractivity contribution in [1.82, 2.24) is 4.98 Å². The molecule has 1 N–H and O–H groups in total. The van der Waals surface area contributed by atoms with Crippen molar-refractivity contribution < 1.29 is 30.0 Å². The Morgan fingerprint density at radius 1 is 0.900 bits per heavy atom. The molecule has 213 valence electrons. The average molecular weight is 729 g/mol. The van der Waals surface area contributed by atoms with Gasteiger partial charge in [-0.05, 0) is 22.9 Å². The van der Waals surface area contributed by atoms with E-state index in [1.54, 1.807) is 0 Å². The molecule has 0 saturated carbocycles. The average Bonchev–Trinajstić information content (AvgIpc) is 2.87. The quantitative estimate of drug-likeness (QED) is 0.0935. The van der Waals surface area contributed by atoms with Crippen molar-refractivity contribution in [2.24, 2.45) is 11.8 Å². The first-order valence-electron chi connectivity index (χ1n) is 13.7. The van der Waals surface area contributed by atoms with Crippen LogP contribution in [0.15, 0.2) is 78.6 Å². The van der Waals surface area contributed by atoms with Crippen molar-refractivity contribution in [3.05, 3.63) is 95.8 Å². The fourth-order valence-corrected chi connectivity index (χ4v) is 6.47. The molecular weight excluding hydrogens is 687 g/mol. The van der Waals surface area contributed by atoms with E-state index in [1.165, 1.54) is 33.3 Å². The Hall–Kier alpha value is -2.85. The number of aromatic nitrogens is 1. The zero-order chi connectivity index (χ0) is 28.9. The Balaban J connectivity index is 0.000000400. The van der Waals surface area contributed by atoms with Crippen LogP contribution in [0.3, 0.4) is 0 Å². The maximum Gasteiger partial charge on any atom is 0.161 e. The van der Waals surface area contributed by atoms with Crippen LogP contribution in [0, 0.1) is 31.7 Å². The first-order valence-corrected chi connectivity index (χ1v) is 17.2. The summed E-state index contributed by atoms with van der Waals surface area (Å²) in [4.78, 5) is 16.2. The molecule has 5 heteroatoms. The number of rotatable bonds is 6. The van der Waals surface area contributed by atoms with Crippen molar-refractivity contribution in [2.75, 3.05) is 0 Å². The second kappa shape index (κ2) is 14.2. The zero-order valence-electron chi connectivity index (χ0n) is 25.2. The van der Waals surface area contributed by atoms with Crippen LogP contribution in [0.25, 0.3) is 33.3 Å². The van der Waals surface area contributed by atoms with E-state index < -0.39 is 8.07 Å². The summed E-state index contributed by atoms with van der Waals surface area (Å²) in [5.41, 5.74) is 8.28. The van der Waals surface area contributed by atoms with Crippen molar-refractivity contribution in [2.45, 2.75) is 61.2 Å². The molecule has 0 aliphatic carbocycles. The van der Waals surface area contributed by atoms with E-state index in [4.69, 9.17) is 4.98 Å². The van der Waals surface area contributed by atoms with Gasteiger partial charge in [0.1, 0.15) is 0 Å². The number of nitrogens with zero attached hydrogens (tertiary/aromatic N) is 1. The summed E-state index contributed by atoms with van der Waals surface area (Å²) < 4.78 is 0. The first kappa shape index (κ1) is 33.4. The maximum absolute atomic E-state index is 11.0. The number of hydrogen-bond acceptors (Lipinski definition) is 3. The second-order valence-corrected chi connectivity index (χ2v) is 16.9. The molecule has 0 spiro atoms. The van der Waals surface area contributed by atoms with E-state index in [2.05, 4.69) is 106 Å². The van der Waals surface area contributed by atoms with Gasteiger partial charge in [-0.15, -0.1) is 34.9 Å². The molecule has 0 amide bonds.